The Balaban J connectivity index is 1.74. The van der Waals surface area contributed by atoms with Gasteiger partial charge in [0.15, 0.2) is 0 Å². The molecule has 110 valence electrons. The van der Waals surface area contributed by atoms with Gasteiger partial charge < -0.3 is 5.32 Å². The number of nitrogens with one attached hydrogen (secondary N) is 2. The van der Waals surface area contributed by atoms with Crippen molar-refractivity contribution in [2.45, 2.75) is 44.8 Å². The molecule has 0 aliphatic heterocycles. The lowest BCUT2D eigenvalue weighted by molar-refractivity contribution is -0.123. The molecule has 2 aromatic rings. The fourth-order valence-electron chi connectivity index (χ4n) is 2.72. The first-order valence-electron chi connectivity index (χ1n) is 7.69. The van der Waals surface area contributed by atoms with Gasteiger partial charge in [0.25, 0.3) is 0 Å². The van der Waals surface area contributed by atoms with E-state index in [-0.39, 0.29) is 18.0 Å². The van der Waals surface area contributed by atoms with Gasteiger partial charge in [-0.3, -0.25) is 10.1 Å². The molecular weight excluding hydrogens is 260 g/mol. The second kappa shape index (κ2) is 5.86. The van der Waals surface area contributed by atoms with E-state index in [1.807, 2.05) is 6.92 Å². The van der Waals surface area contributed by atoms with Crippen molar-refractivity contribution in [2.24, 2.45) is 0 Å². The maximum absolute atomic E-state index is 12.1. The lowest BCUT2D eigenvalue weighted by Crippen LogP contribution is -2.43. The largest absolute Gasteiger partial charge is 0.352 e. The van der Waals surface area contributed by atoms with E-state index in [2.05, 4.69) is 60.0 Å². The van der Waals surface area contributed by atoms with Crippen LogP contribution in [-0.2, 0) is 4.79 Å². The highest BCUT2D eigenvalue weighted by molar-refractivity contribution is 5.86. The van der Waals surface area contributed by atoms with Crippen LogP contribution >= 0.6 is 0 Å². The van der Waals surface area contributed by atoms with Crippen LogP contribution in [0.2, 0.25) is 0 Å². The summed E-state index contributed by atoms with van der Waals surface area (Å²) in [6.45, 7) is 4.04. The number of carbonyl (C=O) groups excluding carboxylic acids is 1. The SMILES string of the molecule is C[C@@H](N[C@H](C)c1cccc2ccccc12)C(=O)NC1CC1. The van der Waals surface area contributed by atoms with Gasteiger partial charge in [-0.15, -0.1) is 0 Å². The fourth-order valence-corrected chi connectivity index (χ4v) is 2.72. The van der Waals surface area contributed by atoms with Crippen LogP contribution in [0.1, 0.15) is 38.3 Å². The maximum atomic E-state index is 12.1. The van der Waals surface area contributed by atoms with E-state index in [4.69, 9.17) is 0 Å². The van der Waals surface area contributed by atoms with Crippen LogP contribution in [0.4, 0.5) is 0 Å². The number of hydrogen-bond donors (Lipinski definition) is 2. The Morgan fingerprint density at radius 2 is 1.81 bits per heavy atom. The standard InChI is InChI=1S/C18H22N2O/c1-12(19-13(2)18(21)20-15-10-11-15)16-9-5-7-14-6-3-4-8-17(14)16/h3-9,12-13,15,19H,10-11H2,1-2H3,(H,20,21)/t12-,13-/m1/s1. The predicted octanol–water partition coefficient (Wildman–Crippen LogP) is 3.16. The highest BCUT2D eigenvalue weighted by Gasteiger charge is 2.26. The summed E-state index contributed by atoms with van der Waals surface area (Å²) in [6.07, 6.45) is 2.24. The minimum absolute atomic E-state index is 0.101. The van der Waals surface area contributed by atoms with Crippen LogP contribution < -0.4 is 10.6 Å². The number of carbonyl (C=O) groups is 1. The first-order chi connectivity index (χ1) is 10.1. The van der Waals surface area contributed by atoms with Gasteiger partial charge in [-0.25, -0.2) is 0 Å². The van der Waals surface area contributed by atoms with E-state index in [1.54, 1.807) is 0 Å². The number of amides is 1. The van der Waals surface area contributed by atoms with Crippen molar-refractivity contribution in [3.8, 4) is 0 Å². The van der Waals surface area contributed by atoms with Crippen molar-refractivity contribution in [1.29, 1.82) is 0 Å². The summed E-state index contributed by atoms with van der Waals surface area (Å²) >= 11 is 0. The lowest BCUT2D eigenvalue weighted by Gasteiger charge is -2.21. The van der Waals surface area contributed by atoms with E-state index >= 15 is 0 Å². The molecule has 1 aliphatic carbocycles. The van der Waals surface area contributed by atoms with Gasteiger partial charge in [0.2, 0.25) is 5.91 Å². The summed E-state index contributed by atoms with van der Waals surface area (Å²) in [5.41, 5.74) is 1.24. The van der Waals surface area contributed by atoms with E-state index in [0.29, 0.717) is 6.04 Å². The molecule has 1 aliphatic rings. The van der Waals surface area contributed by atoms with Crippen LogP contribution in [0.25, 0.3) is 10.8 Å². The van der Waals surface area contributed by atoms with Gasteiger partial charge in [0, 0.05) is 12.1 Å². The summed E-state index contributed by atoms with van der Waals surface area (Å²) < 4.78 is 0. The molecule has 1 amide bonds. The Hall–Kier alpha value is -1.87. The third kappa shape index (κ3) is 3.24. The molecule has 2 aromatic carbocycles. The molecule has 3 nitrogen and oxygen atoms in total. The maximum Gasteiger partial charge on any atom is 0.237 e. The first kappa shape index (κ1) is 14.1. The second-order valence-corrected chi connectivity index (χ2v) is 5.96. The van der Waals surface area contributed by atoms with Gasteiger partial charge in [0.1, 0.15) is 0 Å². The van der Waals surface area contributed by atoms with Crippen LogP contribution in [0.15, 0.2) is 42.5 Å². The number of rotatable bonds is 5. The average molecular weight is 282 g/mol. The number of hydrogen-bond acceptors (Lipinski definition) is 2. The molecule has 0 saturated heterocycles. The molecule has 3 heteroatoms. The van der Waals surface area contributed by atoms with Crippen molar-refractivity contribution in [3.63, 3.8) is 0 Å². The molecule has 0 unspecified atom stereocenters. The van der Waals surface area contributed by atoms with E-state index in [9.17, 15) is 4.79 Å². The highest BCUT2D eigenvalue weighted by Crippen LogP contribution is 2.24. The smallest absolute Gasteiger partial charge is 0.237 e. The second-order valence-electron chi connectivity index (χ2n) is 5.96. The highest BCUT2D eigenvalue weighted by atomic mass is 16.2. The average Bonchev–Trinajstić information content (AvgIpc) is 3.30. The zero-order valence-electron chi connectivity index (χ0n) is 12.6. The van der Waals surface area contributed by atoms with Gasteiger partial charge >= 0.3 is 0 Å². The summed E-state index contributed by atoms with van der Waals surface area (Å²) in [5.74, 6) is 0.101. The van der Waals surface area contributed by atoms with Gasteiger partial charge in [-0.1, -0.05) is 42.5 Å². The predicted molar refractivity (Wildman–Crippen MR) is 86.1 cm³/mol. The van der Waals surface area contributed by atoms with Crippen LogP contribution in [0, 0.1) is 0 Å². The van der Waals surface area contributed by atoms with Crippen LogP contribution in [0.5, 0.6) is 0 Å². The lowest BCUT2D eigenvalue weighted by atomic mass is 9.99. The quantitative estimate of drug-likeness (QED) is 0.884. The molecular formula is C18H22N2O. The Labute approximate surface area is 125 Å². The van der Waals surface area contributed by atoms with E-state index < -0.39 is 0 Å². The minimum atomic E-state index is -0.181. The Morgan fingerprint density at radius 3 is 2.57 bits per heavy atom. The Bertz CT molecular complexity index is 643. The zero-order chi connectivity index (χ0) is 14.8. The van der Waals surface area contributed by atoms with Crippen LogP contribution in [-0.4, -0.2) is 18.0 Å². The molecule has 0 radical (unpaired) electrons. The van der Waals surface area contributed by atoms with Crippen molar-refractivity contribution in [2.75, 3.05) is 0 Å². The van der Waals surface area contributed by atoms with Gasteiger partial charge in [-0.05, 0) is 43.0 Å². The molecule has 1 fully saturated rings. The monoisotopic (exact) mass is 282 g/mol. The van der Waals surface area contributed by atoms with Crippen molar-refractivity contribution >= 4 is 16.7 Å². The number of fused-ring (bicyclic) bond motifs is 1. The summed E-state index contributed by atoms with van der Waals surface area (Å²) in [5, 5.41) is 8.94. The Kier molecular flexibility index (Phi) is 3.93. The molecule has 2 N–H and O–H groups in total. The topological polar surface area (TPSA) is 41.1 Å². The zero-order valence-corrected chi connectivity index (χ0v) is 12.6. The summed E-state index contributed by atoms with van der Waals surface area (Å²) in [7, 11) is 0. The van der Waals surface area contributed by atoms with E-state index in [1.165, 1.54) is 16.3 Å². The molecule has 2 atom stereocenters. The minimum Gasteiger partial charge on any atom is -0.352 e. The Morgan fingerprint density at radius 1 is 1.10 bits per heavy atom. The van der Waals surface area contributed by atoms with Crippen molar-refractivity contribution in [1.82, 2.24) is 10.6 Å². The molecule has 0 aromatic heterocycles. The molecule has 3 rings (SSSR count). The third-order valence-corrected chi connectivity index (χ3v) is 4.11. The summed E-state index contributed by atoms with van der Waals surface area (Å²) in [4.78, 5) is 12.1. The van der Waals surface area contributed by atoms with Gasteiger partial charge in [-0.2, -0.15) is 0 Å². The first-order valence-corrected chi connectivity index (χ1v) is 7.69. The fraction of sp³-hybridized carbons (Fsp3) is 0.389. The molecule has 1 saturated carbocycles. The molecule has 21 heavy (non-hydrogen) atoms. The third-order valence-electron chi connectivity index (χ3n) is 4.11. The molecule has 0 spiro atoms. The van der Waals surface area contributed by atoms with Crippen molar-refractivity contribution in [3.05, 3.63) is 48.0 Å². The van der Waals surface area contributed by atoms with E-state index in [0.717, 1.165) is 12.8 Å². The molecule has 0 heterocycles. The van der Waals surface area contributed by atoms with Crippen LogP contribution in [0.3, 0.4) is 0 Å². The van der Waals surface area contributed by atoms with Gasteiger partial charge in [0.05, 0.1) is 6.04 Å². The normalized spacial score (nSPS) is 17.4. The molecule has 0 bridgehead atoms. The van der Waals surface area contributed by atoms with Crippen molar-refractivity contribution < 1.29 is 4.79 Å². The number of benzene rings is 2. The summed E-state index contributed by atoms with van der Waals surface area (Å²) in [6, 6.07) is 15.1.